The zero-order valence-corrected chi connectivity index (χ0v) is 17.0. The maximum absolute atomic E-state index is 13.0. The number of ether oxygens (including phenoxy) is 1. The largest absolute Gasteiger partial charge is 0.492 e. The van der Waals surface area contributed by atoms with E-state index in [-0.39, 0.29) is 11.7 Å². The van der Waals surface area contributed by atoms with E-state index < -0.39 is 0 Å². The number of para-hydroxylation sites is 1. The number of aromatic nitrogens is 1. The van der Waals surface area contributed by atoms with Gasteiger partial charge in [0.25, 0.3) is 5.91 Å². The van der Waals surface area contributed by atoms with Gasteiger partial charge in [0, 0.05) is 44.0 Å². The lowest BCUT2D eigenvalue weighted by Gasteiger charge is -2.34. The second kappa shape index (κ2) is 9.06. The molecule has 28 heavy (non-hydrogen) atoms. The molecule has 6 heteroatoms. The van der Waals surface area contributed by atoms with E-state index >= 15 is 0 Å². The fraction of sp³-hybridized carbons (Fsp3) is 0.455. The van der Waals surface area contributed by atoms with E-state index in [9.17, 15) is 9.59 Å². The number of carbonyl (C=O) groups excluding carboxylic acids is 2. The Morgan fingerprint density at radius 2 is 1.79 bits per heavy atom. The second-order valence-electron chi connectivity index (χ2n) is 7.18. The molecule has 1 N–H and O–H groups in total. The molecule has 1 saturated heterocycles. The first kappa shape index (κ1) is 20.1. The second-order valence-corrected chi connectivity index (χ2v) is 7.18. The number of hydrogen-bond donors (Lipinski definition) is 1. The first-order valence-electron chi connectivity index (χ1n) is 9.93. The van der Waals surface area contributed by atoms with Crippen molar-refractivity contribution in [3.8, 4) is 5.75 Å². The Hall–Kier alpha value is -2.60. The van der Waals surface area contributed by atoms with E-state index in [1.54, 1.807) is 6.92 Å². The molecule has 0 unspecified atom stereocenters. The average Bonchev–Trinajstić information content (AvgIpc) is 3.05. The van der Waals surface area contributed by atoms with Gasteiger partial charge < -0.3 is 14.6 Å². The molecule has 0 radical (unpaired) electrons. The van der Waals surface area contributed by atoms with Crippen LogP contribution in [0.2, 0.25) is 0 Å². The minimum absolute atomic E-state index is 0.00682. The van der Waals surface area contributed by atoms with Crippen molar-refractivity contribution in [3.05, 3.63) is 52.8 Å². The summed E-state index contributed by atoms with van der Waals surface area (Å²) in [4.78, 5) is 32.3. The summed E-state index contributed by atoms with van der Waals surface area (Å²) in [6.07, 6.45) is 0.664. The van der Waals surface area contributed by atoms with Crippen molar-refractivity contribution in [2.75, 3.05) is 39.3 Å². The molecule has 3 rings (SSSR count). The molecule has 150 valence electrons. The van der Waals surface area contributed by atoms with Crippen molar-refractivity contribution in [1.82, 2.24) is 14.8 Å². The normalized spacial score (nSPS) is 14.9. The number of amides is 1. The van der Waals surface area contributed by atoms with Gasteiger partial charge in [0.05, 0.1) is 0 Å². The van der Waals surface area contributed by atoms with Crippen LogP contribution in [0, 0.1) is 6.92 Å². The van der Waals surface area contributed by atoms with Crippen LogP contribution in [0.5, 0.6) is 5.75 Å². The molecule has 0 bridgehead atoms. The monoisotopic (exact) mass is 383 g/mol. The molecule has 0 saturated carbocycles. The number of rotatable bonds is 7. The van der Waals surface area contributed by atoms with Crippen molar-refractivity contribution < 1.29 is 14.3 Å². The number of nitrogens with zero attached hydrogens (tertiary/aromatic N) is 2. The number of Topliss-reactive ketones (excluding diaryl/α,β-unsaturated/α-hetero) is 1. The van der Waals surface area contributed by atoms with Crippen LogP contribution in [0.15, 0.2) is 30.3 Å². The van der Waals surface area contributed by atoms with Crippen LogP contribution in [0.4, 0.5) is 0 Å². The lowest BCUT2D eigenvalue weighted by molar-refractivity contribution is 0.0614. The summed E-state index contributed by atoms with van der Waals surface area (Å²) in [5.74, 6) is 0.882. The molecule has 0 spiro atoms. The standard InChI is InChI=1S/C22H29N3O3/c1-4-19-20(17(3)26)16(2)23-21(19)22(27)25-12-10-24(11-13-25)14-15-28-18-8-6-5-7-9-18/h5-9,23H,4,10-15H2,1-3H3. The topological polar surface area (TPSA) is 65.6 Å². The molecular weight excluding hydrogens is 354 g/mol. The van der Waals surface area contributed by atoms with Crippen LogP contribution < -0.4 is 4.74 Å². The molecule has 1 aromatic heterocycles. The minimum Gasteiger partial charge on any atom is -0.492 e. The molecule has 0 atom stereocenters. The minimum atomic E-state index is -0.00682. The van der Waals surface area contributed by atoms with E-state index in [1.807, 2.05) is 49.1 Å². The summed E-state index contributed by atoms with van der Waals surface area (Å²) in [7, 11) is 0. The summed E-state index contributed by atoms with van der Waals surface area (Å²) >= 11 is 0. The van der Waals surface area contributed by atoms with Crippen molar-refractivity contribution in [2.24, 2.45) is 0 Å². The van der Waals surface area contributed by atoms with E-state index in [1.165, 1.54) is 0 Å². The number of hydrogen-bond acceptors (Lipinski definition) is 4. The molecule has 1 amide bonds. The van der Waals surface area contributed by atoms with Crippen LogP contribution >= 0.6 is 0 Å². The lowest BCUT2D eigenvalue weighted by Crippen LogP contribution is -2.49. The predicted octanol–water partition coefficient (Wildman–Crippen LogP) is 2.92. The molecule has 2 aromatic rings. The SMILES string of the molecule is CCc1c(C(=O)N2CCN(CCOc3ccccc3)CC2)[nH]c(C)c1C(C)=O. The molecular formula is C22H29N3O3. The summed E-state index contributed by atoms with van der Waals surface area (Å²) in [5, 5.41) is 0. The summed E-state index contributed by atoms with van der Waals surface area (Å²) in [5.41, 5.74) is 2.87. The zero-order valence-electron chi connectivity index (χ0n) is 17.0. The van der Waals surface area contributed by atoms with Crippen molar-refractivity contribution in [2.45, 2.75) is 27.2 Å². The lowest BCUT2D eigenvalue weighted by atomic mass is 10.0. The molecule has 1 aliphatic rings. The fourth-order valence-electron chi connectivity index (χ4n) is 3.83. The molecule has 1 aliphatic heterocycles. The number of nitrogens with one attached hydrogen (secondary N) is 1. The van der Waals surface area contributed by atoms with E-state index in [2.05, 4.69) is 9.88 Å². The van der Waals surface area contributed by atoms with Crippen molar-refractivity contribution >= 4 is 11.7 Å². The highest BCUT2D eigenvalue weighted by molar-refractivity contribution is 6.02. The van der Waals surface area contributed by atoms with Crippen LogP contribution in [0.3, 0.4) is 0 Å². The molecule has 1 fully saturated rings. The van der Waals surface area contributed by atoms with E-state index in [0.29, 0.717) is 37.4 Å². The van der Waals surface area contributed by atoms with Crippen LogP contribution in [0.25, 0.3) is 0 Å². The molecule has 6 nitrogen and oxygen atoms in total. The number of ketones is 1. The van der Waals surface area contributed by atoms with Crippen LogP contribution in [-0.2, 0) is 6.42 Å². The van der Waals surface area contributed by atoms with Gasteiger partial charge in [-0.05, 0) is 38.0 Å². The Morgan fingerprint density at radius 1 is 1.11 bits per heavy atom. The van der Waals surface area contributed by atoms with Gasteiger partial charge in [0.1, 0.15) is 18.1 Å². The highest BCUT2D eigenvalue weighted by Crippen LogP contribution is 2.22. The summed E-state index contributed by atoms with van der Waals surface area (Å²) in [6.45, 7) is 9.88. The fourth-order valence-corrected chi connectivity index (χ4v) is 3.83. The molecule has 1 aromatic carbocycles. The Labute approximate surface area is 166 Å². The summed E-state index contributed by atoms with van der Waals surface area (Å²) < 4.78 is 5.76. The number of carbonyl (C=O) groups is 2. The highest BCUT2D eigenvalue weighted by Gasteiger charge is 2.27. The van der Waals surface area contributed by atoms with Gasteiger partial charge in [-0.25, -0.2) is 0 Å². The van der Waals surface area contributed by atoms with Gasteiger partial charge in [0.2, 0.25) is 0 Å². The van der Waals surface area contributed by atoms with E-state index in [4.69, 9.17) is 4.74 Å². The maximum Gasteiger partial charge on any atom is 0.270 e. The number of aromatic amines is 1. The average molecular weight is 383 g/mol. The Balaban J connectivity index is 1.54. The number of benzene rings is 1. The maximum atomic E-state index is 13.0. The van der Waals surface area contributed by atoms with Gasteiger partial charge in [0.15, 0.2) is 5.78 Å². The van der Waals surface area contributed by atoms with Crippen molar-refractivity contribution in [1.29, 1.82) is 0 Å². The number of piperazine rings is 1. The van der Waals surface area contributed by atoms with E-state index in [0.717, 1.165) is 36.6 Å². The Bertz CT molecular complexity index is 821. The van der Waals surface area contributed by atoms with Crippen LogP contribution in [0.1, 0.15) is 46.0 Å². The zero-order chi connectivity index (χ0) is 20.1. The first-order valence-corrected chi connectivity index (χ1v) is 9.93. The first-order chi connectivity index (χ1) is 13.5. The van der Waals surface area contributed by atoms with Gasteiger partial charge in [-0.1, -0.05) is 25.1 Å². The molecule has 2 heterocycles. The summed E-state index contributed by atoms with van der Waals surface area (Å²) in [6, 6.07) is 9.80. The smallest absolute Gasteiger partial charge is 0.270 e. The third kappa shape index (κ3) is 4.44. The Kier molecular flexibility index (Phi) is 6.52. The Morgan fingerprint density at radius 3 is 2.39 bits per heavy atom. The highest BCUT2D eigenvalue weighted by atomic mass is 16.5. The van der Waals surface area contributed by atoms with Crippen molar-refractivity contribution in [3.63, 3.8) is 0 Å². The third-order valence-electron chi connectivity index (χ3n) is 5.29. The number of H-pyrrole nitrogens is 1. The number of aryl methyl sites for hydroxylation is 1. The van der Waals surface area contributed by atoms with Gasteiger partial charge in [-0.15, -0.1) is 0 Å². The predicted molar refractivity (Wildman–Crippen MR) is 109 cm³/mol. The quantitative estimate of drug-likeness (QED) is 0.747. The third-order valence-corrected chi connectivity index (χ3v) is 5.29. The van der Waals surface area contributed by atoms with Crippen LogP contribution in [-0.4, -0.2) is 65.8 Å². The molecule has 0 aliphatic carbocycles. The van der Waals surface area contributed by atoms with Gasteiger partial charge in [-0.3, -0.25) is 14.5 Å². The van der Waals surface area contributed by atoms with Gasteiger partial charge in [-0.2, -0.15) is 0 Å². The van der Waals surface area contributed by atoms with Gasteiger partial charge >= 0.3 is 0 Å².